The van der Waals surface area contributed by atoms with Crippen molar-refractivity contribution in [3.63, 3.8) is 0 Å². The van der Waals surface area contributed by atoms with Gasteiger partial charge in [0.2, 0.25) is 15.9 Å². The Hall–Kier alpha value is -3.30. The molecule has 0 bridgehead atoms. The van der Waals surface area contributed by atoms with Gasteiger partial charge in [-0.25, -0.2) is 8.42 Å². The summed E-state index contributed by atoms with van der Waals surface area (Å²) in [6, 6.07) is 11.9. The molecule has 1 aliphatic heterocycles. The van der Waals surface area contributed by atoms with Crippen LogP contribution in [0.4, 0.5) is 5.69 Å². The predicted octanol–water partition coefficient (Wildman–Crippen LogP) is 2.82. The maximum absolute atomic E-state index is 13.3. The van der Waals surface area contributed by atoms with Gasteiger partial charge < -0.3 is 5.32 Å². The molecule has 1 atom stereocenters. The van der Waals surface area contributed by atoms with E-state index in [0.717, 1.165) is 21.9 Å². The average molecular weight is 421 g/mol. The molecule has 8 nitrogen and oxygen atoms in total. The second-order valence-electron chi connectivity index (χ2n) is 7.42. The quantitative estimate of drug-likeness (QED) is 0.527. The molecule has 2 aromatic heterocycles. The van der Waals surface area contributed by atoms with E-state index in [-0.39, 0.29) is 10.8 Å². The van der Waals surface area contributed by atoms with Crippen LogP contribution in [0.5, 0.6) is 0 Å². The smallest absolute Gasteiger partial charge is 0.245 e. The number of carbonyl (C=O) groups excluding carboxylic acids is 1. The number of nitrogens with zero attached hydrogens (tertiary/aromatic N) is 3. The maximum Gasteiger partial charge on any atom is 0.245 e. The van der Waals surface area contributed by atoms with Gasteiger partial charge in [0.25, 0.3) is 0 Å². The van der Waals surface area contributed by atoms with Crippen molar-refractivity contribution in [2.45, 2.75) is 24.3 Å². The lowest BCUT2D eigenvalue weighted by molar-refractivity contribution is -0.122. The molecule has 9 heteroatoms. The highest BCUT2D eigenvalue weighted by molar-refractivity contribution is 7.89. The number of aromatic amines is 1. The fourth-order valence-electron chi connectivity index (χ4n) is 3.79. The van der Waals surface area contributed by atoms with Gasteiger partial charge in [-0.1, -0.05) is 6.07 Å². The van der Waals surface area contributed by atoms with E-state index in [4.69, 9.17) is 0 Å². The lowest BCUT2D eigenvalue weighted by Gasteiger charge is -2.38. The summed E-state index contributed by atoms with van der Waals surface area (Å²) < 4.78 is 27.9. The zero-order valence-electron chi connectivity index (χ0n) is 16.2. The van der Waals surface area contributed by atoms with Crippen LogP contribution in [0.2, 0.25) is 0 Å². The predicted molar refractivity (Wildman–Crippen MR) is 114 cm³/mol. The Morgan fingerprint density at radius 1 is 1.20 bits per heavy atom. The molecule has 0 spiro atoms. The summed E-state index contributed by atoms with van der Waals surface area (Å²) in [7, 11) is -3.85. The number of aromatic nitrogens is 3. The summed E-state index contributed by atoms with van der Waals surface area (Å²) in [4.78, 5) is 17.3. The van der Waals surface area contributed by atoms with Gasteiger partial charge in [0.15, 0.2) is 0 Å². The minimum Gasteiger partial charge on any atom is -0.325 e. The standard InChI is InChI=1S/C21H19N5O3S/c1-13-9-15-12-23-25-20(15)19(10-13)30(28,29)26-8-6-18(26)21(27)24-16-4-5-17-14(11-16)3-2-7-22-17/h2-5,7,9-12,18H,6,8H2,1H3,(H,23,25)(H,24,27). The number of H-pyrrole nitrogens is 1. The summed E-state index contributed by atoms with van der Waals surface area (Å²) in [6.07, 6.45) is 3.77. The number of anilines is 1. The summed E-state index contributed by atoms with van der Waals surface area (Å²) in [5.74, 6) is -0.346. The van der Waals surface area contributed by atoms with Crippen molar-refractivity contribution in [1.29, 1.82) is 0 Å². The van der Waals surface area contributed by atoms with E-state index < -0.39 is 16.1 Å². The lowest BCUT2D eigenvalue weighted by atomic mass is 10.1. The number of pyridine rings is 1. The number of hydrogen-bond donors (Lipinski definition) is 2. The highest BCUT2D eigenvalue weighted by Crippen LogP contribution is 2.32. The second-order valence-corrected chi connectivity index (χ2v) is 9.28. The van der Waals surface area contributed by atoms with E-state index >= 15 is 0 Å². The van der Waals surface area contributed by atoms with Crippen LogP contribution in [0.3, 0.4) is 0 Å². The van der Waals surface area contributed by atoms with E-state index in [1.54, 1.807) is 24.5 Å². The van der Waals surface area contributed by atoms with E-state index in [9.17, 15) is 13.2 Å². The number of fused-ring (bicyclic) bond motifs is 2. The van der Waals surface area contributed by atoms with Gasteiger partial charge >= 0.3 is 0 Å². The molecule has 1 saturated heterocycles. The zero-order chi connectivity index (χ0) is 20.9. The molecule has 2 aromatic carbocycles. The molecule has 1 unspecified atom stereocenters. The van der Waals surface area contributed by atoms with Gasteiger partial charge in [-0.05, 0) is 55.3 Å². The molecule has 1 amide bonds. The Balaban J connectivity index is 1.42. The van der Waals surface area contributed by atoms with Crippen molar-refractivity contribution in [3.8, 4) is 0 Å². The number of carbonyl (C=O) groups is 1. The Morgan fingerprint density at radius 2 is 2.07 bits per heavy atom. The van der Waals surface area contributed by atoms with Crippen molar-refractivity contribution in [2.75, 3.05) is 11.9 Å². The third-order valence-corrected chi connectivity index (χ3v) is 7.32. The van der Waals surface area contributed by atoms with Crippen molar-refractivity contribution in [3.05, 3.63) is 60.4 Å². The molecule has 2 N–H and O–H groups in total. The van der Waals surface area contributed by atoms with Crippen molar-refractivity contribution in [1.82, 2.24) is 19.5 Å². The third kappa shape index (κ3) is 3.03. The first kappa shape index (κ1) is 18.7. The Bertz CT molecular complexity index is 1400. The van der Waals surface area contributed by atoms with Gasteiger partial charge in [-0.15, -0.1) is 0 Å². The topological polar surface area (TPSA) is 108 Å². The molecule has 30 heavy (non-hydrogen) atoms. The number of nitrogens with one attached hydrogen (secondary N) is 2. The zero-order valence-corrected chi connectivity index (χ0v) is 17.0. The molecule has 0 saturated carbocycles. The van der Waals surface area contributed by atoms with Crippen molar-refractivity contribution in [2.24, 2.45) is 0 Å². The third-order valence-electron chi connectivity index (χ3n) is 5.39. The molecule has 152 valence electrons. The number of hydrogen-bond acceptors (Lipinski definition) is 5. The van der Waals surface area contributed by atoms with Crippen LogP contribution in [-0.4, -0.2) is 46.4 Å². The molecule has 4 aromatic rings. The minimum absolute atomic E-state index is 0.143. The second kappa shape index (κ2) is 6.89. The largest absolute Gasteiger partial charge is 0.325 e. The SMILES string of the molecule is Cc1cc(S(=O)(=O)N2CCC2C(=O)Nc2ccc3ncccc3c2)c2[nH]ncc2c1. The molecule has 3 heterocycles. The molecular formula is C21H19N5O3S. The van der Waals surface area contributed by atoms with E-state index in [1.165, 1.54) is 4.31 Å². The van der Waals surface area contributed by atoms with Crippen LogP contribution in [0.15, 0.2) is 59.8 Å². The Labute approximate surface area is 173 Å². The van der Waals surface area contributed by atoms with Crippen LogP contribution >= 0.6 is 0 Å². The number of aryl methyl sites for hydroxylation is 1. The monoisotopic (exact) mass is 421 g/mol. The number of sulfonamides is 1. The number of rotatable bonds is 4. The molecule has 1 fully saturated rings. The van der Waals surface area contributed by atoms with Crippen LogP contribution in [0, 0.1) is 6.92 Å². The summed E-state index contributed by atoms with van der Waals surface area (Å²) in [5, 5.41) is 11.2. The van der Waals surface area contributed by atoms with Crippen molar-refractivity contribution < 1.29 is 13.2 Å². The maximum atomic E-state index is 13.3. The van der Waals surface area contributed by atoms with E-state index in [2.05, 4.69) is 20.5 Å². The molecule has 5 rings (SSSR count). The summed E-state index contributed by atoms with van der Waals surface area (Å²) >= 11 is 0. The Kier molecular flexibility index (Phi) is 4.30. The van der Waals surface area contributed by atoms with Gasteiger partial charge in [0.1, 0.15) is 10.9 Å². The van der Waals surface area contributed by atoms with Gasteiger partial charge in [0, 0.05) is 29.2 Å². The van der Waals surface area contributed by atoms with Gasteiger partial charge in [-0.2, -0.15) is 9.40 Å². The summed E-state index contributed by atoms with van der Waals surface area (Å²) in [5.41, 5.74) is 2.70. The summed E-state index contributed by atoms with van der Waals surface area (Å²) in [6.45, 7) is 2.13. The lowest BCUT2D eigenvalue weighted by Crippen LogP contribution is -2.56. The van der Waals surface area contributed by atoms with Crippen LogP contribution in [-0.2, 0) is 14.8 Å². The molecule has 1 aliphatic rings. The highest BCUT2D eigenvalue weighted by Gasteiger charge is 2.43. The van der Waals surface area contributed by atoms with Gasteiger partial charge in [0.05, 0.1) is 17.2 Å². The van der Waals surface area contributed by atoms with Crippen LogP contribution in [0.25, 0.3) is 21.8 Å². The van der Waals surface area contributed by atoms with Crippen LogP contribution < -0.4 is 5.32 Å². The number of amides is 1. The number of benzene rings is 2. The fourth-order valence-corrected chi connectivity index (χ4v) is 5.68. The Morgan fingerprint density at radius 3 is 2.87 bits per heavy atom. The van der Waals surface area contributed by atoms with Crippen molar-refractivity contribution >= 4 is 43.4 Å². The average Bonchev–Trinajstić information content (AvgIpc) is 3.14. The first-order valence-electron chi connectivity index (χ1n) is 9.55. The minimum atomic E-state index is -3.85. The first-order valence-corrected chi connectivity index (χ1v) is 11.0. The fraction of sp³-hybridized carbons (Fsp3) is 0.190. The molecular weight excluding hydrogens is 402 g/mol. The van der Waals surface area contributed by atoms with E-state index in [0.29, 0.717) is 24.2 Å². The van der Waals surface area contributed by atoms with Crippen LogP contribution in [0.1, 0.15) is 12.0 Å². The molecule has 0 aliphatic carbocycles. The first-order chi connectivity index (χ1) is 14.4. The van der Waals surface area contributed by atoms with Gasteiger partial charge in [-0.3, -0.25) is 14.9 Å². The molecule has 0 radical (unpaired) electrons. The normalized spacial score (nSPS) is 17.2. The highest BCUT2D eigenvalue weighted by atomic mass is 32.2. The van der Waals surface area contributed by atoms with E-state index in [1.807, 2.05) is 37.3 Å².